The summed E-state index contributed by atoms with van der Waals surface area (Å²) in [7, 11) is 0. The van der Waals surface area contributed by atoms with Crippen molar-refractivity contribution in [2.75, 3.05) is 4.90 Å². The van der Waals surface area contributed by atoms with E-state index in [4.69, 9.17) is 0 Å². The van der Waals surface area contributed by atoms with E-state index in [2.05, 4.69) is 266 Å². The molecular formula is C72H43NS. The lowest BCUT2D eigenvalue weighted by atomic mass is 9.70. The summed E-state index contributed by atoms with van der Waals surface area (Å²) in [6.07, 6.45) is 0. The first-order chi connectivity index (χ1) is 36.8. The van der Waals surface area contributed by atoms with E-state index < -0.39 is 10.8 Å². The van der Waals surface area contributed by atoms with Crippen molar-refractivity contribution in [3.8, 4) is 55.6 Å². The normalized spacial score (nSPS) is 14.2. The number of hydrogen-bond donors (Lipinski definition) is 0. The zero-order chi connectivity index (χ0) is 48.3. The van der Waals surface area contributed by atoms with Crippen LogP contribution in [0, 0.1) is 0 Å². The predicted molar refractivity (Wildman–Crippen MR) is 310 cm³/mol. The standard InChI is InChI=1S/C72H43NS/c1-2-21-44(22-3-1)54-43-45-23-4-5-24-46(45)66-53-31-18-42-65(69(53)74-70(54)66)73(63-40-19-38-61-67(63)51-29-10-16-36-59(51)71(61)55-32-12-6-25-47(55)48-26-7-13-33-56(48)71)64-41-20-39-62-68(64)52-30-11-17-37-60(52)72(62)57-34-14-8-27-49(57)50-28-9-15-35-58(50)72/h1-43H. The number of thiophene rings is 1. The van der Waals surface area contributed by atoms with Crippen LogP contribution >= 0.6 is 11.3 Å². The fourth-order valence-corrected chi connectivity index (χ4v) is 16.0. The van der Waals surface area contributed by atoms with E-state index in [0.29, 0.717) is 0 Å². The first-order valence-corrected chi connectivity index (χ1v) is 26.7. The quantitative estimate of drug-likeness (QED) is 0.170. The van der Waals surface area contributed by atoms with Crippen molar-refractivity contribution in [1.82, 2.24) is 0 Å². The minimum atomic E-state index is -0.500. The average molecular weight is 954 g/mol. The third-order valence-electron chi connectivity index (χ3n) is 17.3. The number of fused-ring (bicyclic) bond motifs is 25. The van der Waals surface area contributed by atoms with Crippen LogP contribution in [0.4, 0.5) is 17.1 Å². The largest absolute Gasteiger partial charge is 0.308 e. The van der Waals surface area contributed by atoms with Crippen LogP contribution < -0.4 is 4.90 Å². The lowest BCUT2D eigenvalue weighted by Crippen LogP contribution is -2.26. The lowest BCUT2D eigenvalue weighted by Gasteiger charge is -2.33. The molecule has 1 heterocycles. The van der Waals surface area contributed by atoms with Gasteiger partial charge in [-0.15, -0.1) is 11.3 Å². The second-order valence-corrected chi connectivity index (χ2v) is 21.5. The van der Waals surface area contributed by atoms with E-state index in [1.165, 1.54) is 148 Å². The molecule has 0 bridgehead atoms. The summed E-state index contributed by atoms with van der Waals surface area (Å²) in [4.78, 5) is 2.69. The van der Waals surface area contributed by atoms with Crippen molar-refractivity contribution in [2.24, 2.45) is 0 Å². The molecular weight excluding hydrogens is 911 g/mol. The maximum Gasteiger partial charge on any atom is 0.0726 e. The first-order valence-electron chi connectivity index (χ1n) is 25.8. The van der Waals surface area contributed by atoms with E-state index in [1.54, 1.807) is 0 Å². The summed E-state index contributed by atoms with van der Waals surface area (Å²) in [5.74, 6) is 0. The molecule has 0 amide bonds. The fourth-order valence-electron chi connectivity index (χ4n) is 14.7. The van der Waals surface area contributed by atoms with E-state index in [1.807, 2.05) is 11.3 Å². The molecule has 0 fully saturated rings. The SMILES string of the molecule is c1ccc(-c2cc3ccccc3c3c2sc2c(N(c4cccc5c4-c4ccccc4C54c5ccccc5-c5ccccc54)c4cccc5c4-c4ccccc4C54c5ccccc5-c5ccccc54)cccc23)cc1. The predicted octanol–water partition coefficient (Wildman–Crippen LogP) is 19.0. The Morgan fingerprint density at radius 3 is 1.16 bits per heavy atom. The summed E-state index contributed by atoms with van der Waals surface area (Å²) < 4.78 is 2.57. The van der Waals surface area contributed by atoms with Crippen molar-refractivity contribution in [2.45, 2.75) is 10.8 Å². The fraction of sp³-hybridized carbons (Fsp3) is 0.0278. The summed E-state index contributed by atoms with van der Waals surface area (Å²) in [6, 6.07) is 99.0. The van der Waals surface area contributed by atoms with Gasteiger partial charge in [0.05, 0.1) is 32.6 Å². The van der Waals surface area contributed by atoms with Crippen molar-refractivity contribution in [3.63, 3.8) is 0 Å². The molecule has 0 saturated heterocycles. The van der Waals surface area contributed by atoms with E-state index in [9.17, 15) is 0 Å². The number of benzene rings is 12. The van der Waals surface area contributed by atoms with Crippen LogP contribution in [0.2, 0.25) is 0 Å². The molecule has 0 N–H and O–H groups in total. The third-order valence-corrected chi connectivity index (χ3v) is 18.5. The molecule has 12 aromatic carbocycles. The van der Waals surface area contributed by atoms with Crippen molar-refractivity contribution < 1.29 is 0 Å². The summed E-state index contributed by atoms with van der Waals surface area (Å²) in [5, 5.41) is 5.11. The van der Waals surface area contributed by atoms with E-state index in [-0.39, 0.29) is 0 Å². The summed E-state index contributed by atoms with van der Waals surface area (Å²) >= 11 is 1.94. The zero-order valence-electron chi connectivity index (χ0n) is 40.2. The van der Waals surface area contributed by atoms with Crippen LogP contribution in [0.25, 0.3) is 86.6 Å². The van der Waals surface area contributed by atoms with Gasteiger partial charge in [-0.3, -0.25) is 0 Å². The highest BCUT2D eigenvalue weighted by atomic mass is 32.1. The van der Waals surface area contributed by atoms with Gasteiger partial charge in [-0.05, 0) is 118 Å². The molecule has 74 heavy (non-hydrogen) atoms. The average Bonchev–Trinajstić information content (AvgIpc) is 4.40. The van der Waals surface area contributed by atoms with Crippen LogP contribution in [-0.2, 0) is 10.8 Å². The Balaban J connectivity index is 1.03. The van der Waals surface area contributed by atoms with Gasteiger partial charge in [-0.1, -0.05) is 237 Å². The van der Waals surface area contributed by atoms with Gasteiger partial charge in [0.15, 0.2) is 0 Å². The Bertz CT molecular complexity index is 4290. The van der Waals surface area contributed by atoms with Gasteiger partial charge >= 0.3 is 0 Å². The summed E-state index contributed by atoms with van der Waals surface area (Å²) in [6.45, 7) is 0. The minimum Gasteiger partial charge on any atom is -0.308 e. The number of nitrogens with zero attached hydrogens (tertiary/aromatic N) is 1. The monoisotopic (exact) mass is 953 g/mol. The van der Waals surface area contributed by atoms with Crippen LogP contribution in [0.15, 0.2) is 261 Å². The molecule has 0 atom stereocenters. The molecule has 342 valence electrons. The van der Waals surface area contributed by atoms with Crippen molar-refractivity contribution >= 4 is 59.3 Å². The molecule has 1 nitrogen and oxygen atoms in total. The summed E-state index contributed by atoms with van der Waals surface area (Å²) in [5.41, 5.74) is 26.0. The van der Waals surface area contributed by atoms with Gasteiger partial charge in [0.1, 0.15) is 0 Å². The van der Waals surface area contributed by atoms with Crippen molar-refractivity contribution in [1.29, 1.82) is 0 Å². The van der Waals surface area contributed by atoms with Gasteiger partial charge in [0, 0.05) is 32.2 Å². The third kappa shape index (κ3) is 4.90. The molecule has 1 aromatic heterocycles. The molecule has 0 unspecified atom stereocenters. The molecule has 17 rings (SSSR count). The van der Waals surface area contributed by atoms with E-state index >= 15 is 0 Å². The molecule has 13 aromatic rings. The van der Waals surface area contributed by atoms with Gasteiger partial charge in [-0.25, -0.2) is 0 Å². The smallest absolute Gasteiger partial charge is 0.0726 e. The highest BCUT2D eigenvalue weighted by molar-refractivity contribution is 7.27. The van der Waals surface area contributed by atoms with Gasteiger partial charge in [0.2, 0.25) is 0 Å². The van der Waals surface area contributed by atoms with Gasteiger partial charge in [-0.2, -0.15) is 0 Å². The Labute approximate surface area is 433 Å². The van der Waals surface area contributed by atoms with Gasteiger partial charge in [0.25, 0.3) is 0 Å². The Morgan fingerprint density at radius 1 is 0.270 bits per heavy atom. The van der Waals surface area contributed by atoms with Crippen LogP contribution in [0.3, 0.4) is 0 Å². The van der Waals surface area contributed by atoms with Crippen molar-refractivity contribution in [3.05, 3.63) is 305 Å². The Morgan fingerprint density at radius 2 is 0.649 bits per heavy atom. The lowest BCUT2D eigenvalue weighted by molar-refractivity contribution is 0.793. The topological polar surface area (TPSA) is 3.24 Å². The molecule has 0 aliphatic heterocycles. The maximum absolute atomic E-state index is 2.69. The highest BCUT2D eigenvalue weighted by Crippen LogP contribution is 2.68. The Kier molecular flexibility index (Phi) is 8.08. The van der Waals surface area contributed by atoms with Crippen LogP contribution in [0.1, 0.15) is 44.5 Å². The second kappa shape index (κ2) is 14.8. The molecule has 0 saturated carbocycles. The zero-order valence-corrected chi connectivity index (χ0v) is 41.0. The number of hydrogen-bond acceptors (Lipinski definition) is 2. The molecule has 4 aliphatic rings. The maximum atomic E-state index is 2.69. The molecule has 0 radical (unpaired) electrons. The molecule has 2 spiro atoms. The minimum absolute atomic E-state index is 0.500. The first kappa shape index (κ1) is 40.5. The highest BCUT2D eigenvalue weighted by Gasteiger charge is 2.54. The van der Waals surface area contributed by atoms with E-state index in [0.717, 1.165) is 0 Å². The Hall–Kier alpha value is -9.08. The second-order valence-electron chi connectivity index (χ2n) is 20.5. The molecule has 4 aliphatic carbocycles. The van der Waals surface area contributed by atoms with Crippen LogP contribution in [-0.4, -0.2) is 0 Å². The van der Waals surface area contributed by atoms with Crippen LogP contribution in [0.5, 0.6) is 0 Å². The number of rotatable bonds is 4. The van der Waals surface area contributed by atoms with Gasteiger partial charge < -0.3 is 4.90 Å². The number of anilines is 3. The molecule has 2 heteroatoms.